The largest absolute Gasteiger partial charge is 0.403 e. The minimum atomic E-state index is -2.37. The Kier molecular flexibility index (Phi) is 4.94. The summed E-state index contributed by atoms with van der Waals surface area (Å²) in [5.41, 5.74) is -0.676. The van der Waals surface area contributed by atoms with Gasteiger partial charge in [0.25, 0.3) is 0 Å². The van der Waals surface area contributed by atoms with E-state index in [0.717, 1.165) is 0 Å². The minimum absolute atomic E-state index is 0.338. The Morgan fingerprint density at radius 1 is 0.667 bits per heavy atom. The van der Waals surface area contributed by atoms with Gasteiger partial charge in [-0.05, 0) is 54.6 Å². The van der Waals surface area contributed by atoms with Crippen molar-refractivity contribution >= 4 is 8.56 Å². The van der Waals surface area contributed by atoms with E-state index in [2.05, 4.69) is 0 Å². The first-order valence-corrected chi connectivity index (χ1v) is 7.97. The number of rotatable bonds is 4. The predicted octanol–water partition coefficient (Wildman–Crippen LogP) is 3.18. The fraction of sp³-hybridized carbons (Fsp3) is 1.00. The molecular formula is C10H24O4Si. The molecule has 5 heteroatoms. The summed E-state index contributed by atoms with van der Waals surface area (Å²) in [6.45, 7) is 15.2. The van der Waals surface area contributed by atoms with Crippen molar-refractivity contribution in [2.45, 2.75) is 65.8 Å². The highest BCUT2D eigenvalue weighted by Crippen LogP contribution is 2.17. The van der Waals surface area contributed by atoms with Gasteiger partial charge < -0.3 is 0 Å². The van der Waals surface area contributed by atoms with Gasteiger partial charge in [0.15, 0.2) is 0 Å². The van der Waals surface area contributed by atoms with Crippen molar-refractivity contribution in [1.29, 1.82) is 0 Å². The lowest BCUT2D eigenvalue weighted by Crippen LogP contribution is -2.40. The Morgan fingerprint density at radius 2 is 0.933 bits per heavy atom. The second-order valence-electron chi connectivity index (χ2n) is 5.96. The molecule has 4 nitrogen and oxygen atoms in total. The fourth-order valence-electron chi connectivity index (χ4n) is 0.465. The van der Waals surface area contributed by atoms with E-state index in [1.807, 2.05) is 54.6 Å². The van der Waals surface area contributed by atoms with Crippen LogP contribution in [-0.4, -0.2) is 19.8 Å². The molecule has 0 bridgehead atoms. The summed E-state index contributed by atoms with van der Waals surface area (Å²) >= 11 is 0. The Bertz CT molecular complexity index is 171. The van der Waals surface area contributed by atoms with Crippen LogP contribution in [0.15, 0.2) is 0 Å². The lowest BCUT2D eigenvalue weighted by atomic mass is 10.2. The van der Waals surface area contributed by atoms with Gasteiger partial charge in [-0.1, -0.05) is 0 Å². The topological polar surface area (TPSA) is 36.9 Å². The molecule has 0 aliphatic rings. The average molecular weight is 236 g/mol. The highest BCUT2D eigenvalue weighted by atomic mass is 28.4. The third-order valence-electron chi connectivity index (χ3n) is 0.985. The summed E-state index contributed by atoms with van der Waals surface area (Å²) in [5, 5.41) is 0. The van der Waals surface area contributed by atoms with E-state index < -0.39 is 8.56 Å². The van der Waals surface area contributed by atoms with Crippen molar-refractivity contribution in [2.24, 2.45) is 0 Å². The van der Waals surface area contributed by atoms with E-state index in [1.165, 1.54) is 0 Å². The summed E-state index contributed by atoms with van der Waals surface area (Å²) in [5.74, 6) is 0. The first kappa shape index (κ1) is 15.1. The van der Waals surface area contributed by atoms with Crippen molar-refractivity contribution in [1.82, 2.24) is 0 Å². The second kappa shape index (κ2) is 4.93. The van der Waals surface area contributed by atoms with Crippen molar-refractivity contribution in [3.05, 3.63) is 0 Å². The molecule has 0 radical (unpaired) electrons. The molecule has 0 fully saturated rings. The summed E-state index contributed by atoms with van der Waals surface area (Å²) in [6, 6.07) is 0. The van der Waals surface area contributed by atoms with Gasteiger partial charge in [-0.2, -0.15) is 0 Å². The molecule has 0 aromatic carbocycles. The monoisotopic (exact) mass is 236 g/mol. The standard InChI is InChI=1S/C10H24O4Si/c1-9(2,3)11-13-15(7,8)14-12-10(4,5)6/h1-8H3. The van der Waals surface area contributed by atoms with Gasteiger partial charge in [-0.25, -0.2) is 18.9 Å². The highest BCUT2D eigenvalue weighted by Gasteiger charge is 2.32. The molecule has 0 heterocycles. The molecule has 0 saturated carbocycles. The number of hydrogen-bond donors (Lipinski definition) is 0. The van der Waals surface area contributed by atoms with Crippen LogP contribution in [0.5, 0.6) is 0 Å². The normalized spacial score (nSPS) is 14.4. The molecule has 0 rings (SSSR count). The molecule has 0 unspecified atom stereocenters. The van der Waals surface area contributed by atoms with Crippen LogP contribution >= 0.6 is 0 Å². The van der Waals surface area contributed by atoms with E-state index in [0.29, 0.717) is 0 Å². The van der Waals surface area contributed by atoms with Gasteiger partial charge in [0.2, 0.25) is 0 Å². The van der Waals surface area contributed by atoms with Crippen LogP contribution in [0.25, 0.3) is 0 Å². The van der Waals surface area contributed by atoms with Gasteiger partial charge in [-0.15, -0.1) is 0 Å². The van der Waals surface area contributed by atoms with E-state index >= 15 is 0 Å². The zero-order valence-electron chi connectivity index (χ0n) is 11.1. The molecule has 0 saturated heterocycles. The molecule has 0 atom stereocenters. The summed E-state index contributed by atoms with van der Waals surface area (Å²) in [6.07, 6.45) is 0. The van der Waals surface area contributed by atoms with Gasteiger partial charge in [0.05, 0.1) is 11.2 Å². The Labute approximate surface area is 94.0 Å². The van der Waals surface area contributed by atoms with Crippen molar-refractivity contribution in [2.75, 3.05) is 0 Å². The zero-order valence-corrected chi connectivity index (χ0v) is 12.1. The smallest absolute Gasteiger partial charge is 0.248 e. The van der Waals surface area contributed by atoms with Crippen molar-refractivity contribution < 1.29 is 18.9 Å². The highest BCUT2D eigenvalue weighted by molar-refractivity contribution is 6.64. The molecule has 0 aromatic rings. The molecule has 0 aliphatic heterocycles. The Morgan fingerprint density at radius 3 is 1.13 bits per heavy atom. The predicted molar refractivity (Wildman–Crippen MR) is 61.3 cm³/mol. The quantitative estimate of drug-likeness (QED) is 0.427. The maximum atomic E-state index is 5.28. The van der Waals surface area contributed by atoms with Crippen LogP contribution in [0.4, 0.5) is 0 Å². The van der Waals surface area contributed by atoms with E-state index in [-0.39, 0.29) is 11.2 Å². The second-order valence-corrected chi connectivity index (χ2v) is 9.09. The molecule has 0 N–H and O–H groups in total. The van der Waals surface area contributed by atoms with Crippen LogP contribution in [-0.2, 0) is 18.9 Å². The molecule has 0 spiro atoms. The van der Waals surface area contributed by atoms with Gasteiger partial charge >= 0.3 is 8.56 Å². The molecule has 0 amide bonds. The third-order valence-corrected chi connectivity index (χ3v) is 1.95. The summed E-state index contributed by atoms with van der Waals surface area (Å²) in [4.78, 5) is 10.4. The van der Waals surface area contributed by atoms with Gasteiger partial charge in [0, 0.05) is 0 Å². The molecule has 0 aliphatic carbocycles. The van der Waals surface area contributed by atoms with Crippen LogP contribution < -0.4 is 0 Å². The summed E-state index contributed by atoms with van der Waals surface area (Å²) in [7, 11) is -2.37. The SMILES string of the molecule is CC(C)(C)OO[Si](C)(C)OOC(C)(C)C. The van der Waals surface area contributed by atoms with E-state index in [4.69, 9.17) is 18.9 Å². The maximum Gasteiger partial charge on any atom is 0.403 e. The van der Waals surface area contributed by atoms with Crippen LogP contribution in [0, 0.1) is 0 Å². The van der Waals surface area contributed by atoms with Crippen molar-refractivity contribution in [3.8, 4) is 0 Å². The van der Waals surface area contributed by atoms with Crippen LogP contribution in [0.1, 0.15) is 41.5 Å². The maximum absolute atomic E-state index is 5.28. The van der Waals surface area contributed by atoms with E-state index in [1.54, 1.807) is 0 Å². The van der Waals surface area contributed by atoms with E-state index in [9.17, 15) is 0 Å². The Hall–Kier alpha value is 0.0569. The molecule has 15 heavy (non-hydrogen) atoms. The first-order valence-electron chi connectivity index (χ1n) is 5.15. The van der Waals surface area contributed by atoms with Gasteiger partial charge in [0.1, 0.15) is 0 Å². The third kappa shape index (κ3) is 10.3. The molecule has 92 valence electrons. The number of hydrogen-bond acceptors (Lipinski definition) is 4. The molecule has 0 aromatic heterocycles. The van der Waals surface area contributed by atoms with Gasteiger partial charge in [-0.3, -0.25) is 0 Å². The van der Waals surface area contributed by atoms with Crippen LogP contribution in [0.2, 0.25) is 13.1 Å². The average Bonchev–Trinajstić information content (AvgIpc) is 1.96. The summed E-state index contributed by atoms with van der Waals surface area (Å²) < 4.78 is 10.6. The minimum Gasteiger partial charge on any atom is -0.248 e. The fourth-order valence-corrected chi connectivity index (χ4v) is 1.39. The lowest BCUT2D eigenvalue weighted by molar-refractivity contribution is -0.347. The lowest BCUT2D eigenvalue weighted by Gasteiger charge is -2.28. The van der Waals surface area contributed by atoms with Crippen LogP contribution in [0.3, 0.4) is 0 Å². The first-order chi connectivity index (χ1) is 6.41. The Balaban J connectivity index is 3.98. The molecular weight excluding hydrogens is 212 g/mol. The zero-order chi connectivity index (χ0) is 12.3. The van der Waals surface area contributed by atoms with Crippen molar-refractivity contribution in [3.63, 3.8) is 0 Å².